The van der Waals surface area contributed by atoms with E-state index in [9.17, 15) is 9.59 Å². The maximum Gasteiger partial charge on any atom is 0.306 e. The minimum atomic E-state index is -0.524. The molecule has 2 aromatic carbocycles. The minimum absolute atomic E-state index is 0.0291. The Morgan fingerprint density at radius 1 is 1.00 bits per heavy atom. The first-order chi connectivity index (χ1) is 12.8. The number of benzene rings is 2. The highest BCUT2D eigenvalue weighted by molar-refractivity contribution is 8.00. The lowest BCUT2D eigenvalue weighted by Gasteiger charge is -2.24. The Hall–Kier alpha value is -2.27. The lowest BCUT2D eigenvalue weighted by atomic mass is 10.1. The molecule has 0 bridgehead atoms. The molecule has 0 spiro atoms. The largest absolute Gasteiger partial charge is 0.460 e. The third kappa shape index (κ3) is 7.10. The molecule has 0 aromatic heterocycles. The molecule has 1 atom stereocenters. The van der Waals surface area contributed by atoms with Gasteiger partial charge >= 0.3 is 5.97 Å². The number of carbonyl (C=O) groups excluding carboxylic acids is 2. The zero-order valence-corrected chi connectivity index (χ0v) is 17.2. The van der Waals surface area contributed by atoms with Crippen LogP contribution in [0.5, 0.6) is 0 Å². The Kier molecular flexibility index (Phi) is 7.48. The molecule has 0 aliphatic heterocycles. The number of para-hydroxylation sites is 1. The van der Waals surface area contributed by atoms with Crippen molar-refractivity contribution in [2.45, 2.75) is 49.4 Å². The molecule has 0 saturated carbocycles. The number of esters is 1. The van der Waals surface area contributed by atoms with Crippen LogP contribution in [0.1, 0.15) is 33.6 Å². The highest BCUT2D eigenvalue weighted by Crippen LogP contribution is 2.29. The fourth-order valence-corrected chi connectivity index (χ4v) is 3.67. The summed E-state index contributed by atoms with van der Waals surface area (Å²) in [7, 11) is 1.77. The van der Waals surface area contributed by atoms with Gasteiger partial charge in [-0.2, -0.15) is 0 Å². The maximum absolute atomic E-state index is 13.1. The van der Waals surface area contributed by atoms with Crippen LogP contribution in [-0.2, 0) is 14.3 Å². The normalized spacial score (nSPS) is 12.3. The molecule has 0 radical (unpaired) electrons. The van der Waals surface area contributed by atoms with E-state index in [1.807, 2.05) is 81.4 Å². The third-order valence-electron chi connectivity index (χ3n) is 3.80. The second-order valence-electron chi connectivity index (χ2n) is 7.28. The van der Waals surface area contributed by atoms with Gasteiger partial charge in [-0.05, 0) is 51.5 Å². The molecule has 27 heavy (non-hydrogen) atoms. The molecule has 0 heterocycles. The van der Waals surface area contributed by atoms with Crippen molar-refractivity contribution in [2.75, 3.05) is 11.9 Å². The summed E-state index contributed by atoms with van der Waals surface area (Å²) in [4.78, 5) is 27.9. The van der Waals surface area contributed by atoms with Crippen molar-refractivity contribution in [3.8, 4) is 0 Å². The van der Waals surface area contributed by atoms with Gasteiger partial charge in [0.15, 0.2) is 0 Å². The monoisotopic (exact) mass is 385 g/mol. The van der Waals surface area contributed by atoms with Gasteiger partial charge in [-0.15, -0.1) is 11.8 Å². The van der Waals surface area contributed by atoms with Crippen molar-refractivity contribution in [3.05, 3.63) is 60.7 Å². The SMILES string of the molecule is CN(C(=O)[C@H](CCC(=O)OC(C)(C)C)Sc1ccccc1)c1ccccc1. The summed E-state index contributed by atoms with van der Waals surface area (Å²) >= 11 is 1.48. The summed E-state index contributed by atoms with van der Waals surface area (Å²) in [6, 6.07) is 19.3. The van der Waals surface area contributed by atoms with Gasteiger partial charge in [-0.25, -0.2) is 0 Å². The van der Waals surface area contributed by atoms with Crippen molar-refractivity contribution >= 4 is 29.3 Å². The summed E-state index contributed by atoms with van der Waals surface area (Å²) in [6.45, 7) is 5.53. The number of amides is 1. The van der Waals surface area contributed by atoms with Crippen LogP contribution in [0.4, 0.5) is 5.69 Å². The molecule has 0 unspecified atom stereocenters. The average Bonchev–Trinajstić information content (AvgIpc) is 2.64. The number of ether oxygens (including phenoxy) is 1. The molecule has 0 saturated heterocycles. The molecule has 5 heteroatoms. The zero-order valence-electron chi connectivity index (χ0n) is 16.3. The van der Waals surface area contributed by atoms with Gasteiger partial charge in [0.05, 0.1) is 5.25 Å². The molecule has 144 valence electrons. The van der Waals surface area contributed by atoms with Crippen LogP contribution in [0.2, 0.25) is 0 Å². The Morgan fingerprint density at radius 3 is 2.11 bits per heavy atom. The highest BCUT2D eigenvalue weighted by Gasteiger charge is 2.26. The molecule has 0 N–H and O–H groups in total. The summed E-state index contributed by atoms with van der Waals surface area (Å²) in [6.07, 6.45) is 0.626. The van der Waals surface area contributed by atoms with E-state index in [1.165, 1.54) is 11.8 Å². The Labute approximate surface area is 165 Å². The first kappa shape index (κ1) is 21.0. The van der Waals surface area contributed by atoms with E-state index in [1.54, 1.807) is 11.9 Å². The third-order valence-corrected chi connectivity index (χ3v) is 5.07. The highest BCUT2D eigenvalue weighted by atomic mass is 32.2. The predicted octanol–water partition coefficient (Wildman–Crippen LogP) is 4.93. The molecule has 0 aliphatic rings. The van der Waals surface area contributed by atoms with Crippen molar-refractivity contribution in [1.82, 2.24) is 0 Å². The fourth-order valence-electron chi connectivity index (χ4n) is 2.53. The van der Waals surface area contributed by atoms with Crippen molar-refractivity contribution in [1.29, 1.82) is 0 Å². The summed E-state index contributed by atoms with van der Waals surface area (Å²) in [5, 5.41) is -0.370. The van der Waals surface area contributed by atoms with E-state index in [0.29, 0.717) is 6.42 Å². The molecule has 0 fully saturated rings. The van der Waals surface area contributed by atoms with Gasteiger partial charge in [0.1, 0.15) is 5.60 Å². The predicted molar refractivity (Wildman–Crippen MR) is 111 cm³/mol. The molecular weight excluding hydrogens is 358 g/mol. The number of thioether (sulfide) groups is 1. The smallest absolute Gasteiger partial charge is 0.306 e. The minimum Gasteiger partial charge on any atom is -0.460 e. The van der Waals surface area contributed by atoms with Crippen LogP contribution in [0, 0.1) is 0 Å². The van der Waals surface area contributed by atoms with Gasteiger partial charge < -0.3 is 9.64 Å². The summed E-state index contributed by atoms with van der Waals surface area (Å²) in [5.41, 5.74) is 0.308. The maximum atomic E-state index is 13.1. The average molecular weight is 386 g/mol. The number of carbonyl (C=O) groups is 2. The van der Waals surface area contributed by atoms with Crippen LogP contribution in [-0.4, -0.2) is 29.8 Å². The molecule has 0 aliphatic carbocycles. The van der Waals surface area contributed by atoms with E-state index < -0.39 is 5.60 Å². The van der Waals surface area contributed by atoms with E-state index in [2.05, 4.69) is 0 Å². The number of hydrogen-bond donors (Lipinski definition) is 0. The molecule has 2 rings (SSSR count). The number of rotatable bonds is 7. The van der Waals surface area contributed by atoms with Crippen LogP contribution in [0.15, 0.2) is 65.6 Å². The van der Waals surface area contributed by atoms with Crippen LogP contribution < -0.4 is 4.90 Å². The van der Waals surface area contributed by atoms with E-state index in [4.69, 9.17) is 4.74 Å². The first-order valence-electron chi connectivity index (χ1n) is 9.02. The van der Waals surface area contributed by atoms with Gasteiger partial charge in [0, 0.05) is 24.1 Å². The first-order valence-corrected chi connectivity index (χ1v) is 9.90. The molecular formula is C22H27NO3S. The van der Waals surface area contributed by atoms with Crippen LogP contribution >= 0.6 is 11.8 Å². The lowest BCUT2D eigenvalue weighted by molar-refractivity contribution is -0.154. The molecule has 4 nitrogen and oxygen atoms in total. The quantitative estimate of drug-likeness (QED) is 0.501. The topological polar surface area (TPSA) is 46.6 Å². The molecule has 1 amide bonds. The van der Waals surface area contributed by atoms with Gasteiger partial charge in [0.2, 0.25) is 5.91 Å². The van der Waals surface area contributed by atoms with E-state index in [-0.39, 0.29) is 23.5 Å². The number of anilines is 1. The second-order valence-corrected chi connectivity index (χ2v) is 8.55. The zero-order chi connectivity index (χ0) is 19.9. The summed E-state index contributed by atoms with van der Waals surface area (Å²) < 4.78 is 5.39. The number of nitrogens with zero attached hydrogens (tertiary/aromatic N) is 1. The van der Waals surface area contributed by atoms with E-state index >= 15 is 0 Å². The fraction of sp³-hybridized carbons (Fsp3) is 0.364. The van der Waals surface area contributed by atoms with Crippen LogP contribution in [0.25, 0.3) is 0 Å². The van der Waals surface area contributed by atoms with Crippen molar-refractivity contribution in [2.24, 2.45) is 0 Å². The van der Waals surface area contributed by atoms with Crippen LogP contribution in [0.3, 0.4) is 0 Å². The lowest BCUT2D eigenvalue weighted by Crippen LogP contribution is -2.35. The van der Waals surface area contributed by atoms with Crippen molar-refractivity contribution < 1.29 is 14.3 Å². The number of hydrogen-bond acceptors (Lipinski definition) is 4. The van der Waals surface area contributed by atoms with E-state index in [0.717, 1.165) is 10.6 Å². The standard InChI is InChI=1S/C22H27NO3S/c1-22(2,3)26-20(24)16-15-19(27-18-13-9-6-10-14-18)21(25)23(4)17-11-7-5-8-12-17/h5-14,19H,15-16H2,1-4H3/t19-/m0/s1. The van der Waals surface area contributed by atoms with Gasteiger partial charge in [-0.1, -0.05) is 36.4 Å². The van der Waals surface area contributed by atoms with Gasteiger partial charge in [-0.3, -0.25) is 9.59 Å². The molecule has 2 aromatic rings. The Morgan fingerprint density at radius 2 is 1.56 bits per heavy atom. The Balaban J connectivity index is 2.11. The summed E-state index contributed by atoms with van der Waals surface area (Å²) in [5.74, 6) is -0.310. The Bertz CT molecular complexity index is 741. The van der Waals surface area contributed by atoms with Crippen molar-refractivity contribution in [3.63, 3.8) is 0 Å². The second kappa shape index (κ2) is 9.60. The van der Waals surface area contributed by atoms with Gasteiger partial charge in [0.25, 0.3) is 0 Å².